The van der Waals surface area contributed by atoms with Gasteiger partial charge in [0.2, 0.25) is 0 Å². The number of hydrogen-bond donors (Lipinski definition) is 0. The van der Waals surface area contributed by atoms with Crippen molar-refractivity contribution in [1.29, 1.82) is 0 Å². The first-order chi connectivity index (χ1) is 7.68. The third kappa shape index (κ3) is 1.61. The van der Waals surface area contributed by atoms with Crippen molar-refractivity contribution in [3.63, 3.8) is 0 Å². The number of nitrogens with zero attached hydrogens (tertiary/aromatic N) is 2. The largest absolute Gasteiger partial charge is 0.581 e. The Hall–Kier alpha value is -1.20. The molecule has 2 aliphatic rings. The number of amides is 2. The smallest absolute Gasteiger partial charge is 0.254 e. The molecule has 2 rings (SSSR count). The van der Waals surface area contributed by atoms with E-state index >= 15 is 0 Å². The van der Waals surface area contributed by atoms with E-state index in [1.807, 2.05) is 13.8 Å². The van der Waals surface area contributed by atoms with Crippen LogP contribution in [0.2, 0.25) is 0 Å². The maximum atomic E-state index is 12.2. The molecule has 1 saturated heterocycles. The molecule has 1 unspecified atom stereocenters. The average Bonchev–Trinajstić information content (AvgIpc) is 2.60. The molecule has 2 aliphatic heterocycles. The lowest BCUT2D eigenvalue weighted by Crippen LogP contribution is -2.56. The van der Waals surface area contributed by atoms with Crippen LogP contribution in [0, 0.1) is 5.21 Å². The van der Waals surface area contributed by atoms with Crippen molar-refractivity contribution in [2.24, 2.45) is 0 Å². The van der Waals surface area contributed by atoms with E-state index in [2.05, 4.69) is 0 Å². The van der Waals surface area contributed by atoms with Gasteiger partial charge in [0.05, 0.1) is 0 Å². The van der Waals surface area contributed by atoms with Gasteiger partial charge in [0.15, 0.2) is 5.54 Å². The van der Waals surface area contributed by atoms with Crippen LogP contribution in [-0.2, 0) is 9.59 Å². The Morgan fingerprint density at radius 2 is 1.71 bits per heavy atom. The SMILES string of the molecule is CC1(C)CC(N2C(=O)C=CC2=O)C(C)(C)[N+]1[O-]. The van der Waals surface area contributed by atoms with Gasteiger partial charge in [-0.25, -0.2) is 0 Å². The Kier molecular flexibility index (Phi) is 2.45. The number of rotatable bonds is 1. The topological polar surface area (TPSA) is 66.3 Å². The van der Waals surface area contributed by atoms with Gasteiger partial charge in [0, 0.05) is 18.6 Å². The van der Waals surface area contributed by atoms with Crippen molar-refractivity contribution >= 4 is 11.8 Å². The molecule has 0 saturated carbocycles. The van der Waals surface area contributed by atoms with Crippen molar-refractivity contribution in [3.05, 3.63) is 17.4 Å². The normalized spacial score (nSPS) is 31.6. The lowest BCUT2D eigenvalue weighted by atomic mass is 9.93. The van der Waals surface area contributed by atoms with E-state index in [1.54, 1.807) is 13.8 Å². The zero-order chi connectivity index (χ0) is 13.0. The van der Waals surface area contributed by atoms with Gasteiger partial charge in [0.25, 0.3) is 11.8 Å². The Morgan fingerprint density at radius 3 is 2.06 bits per heavy atom. The van der Waals surface area contributed by atoms with Crippen molar-refractivity contribution in [1.82, 2.24) is 9.96 Å². The van der Waals surface area contributed by atoms with E-state index in [9.17, 15) is 14.8 Å². The summed E-state index contributed by atoms with van der Waals surface area (Å²) in [6.45, 7) is 7.22. The summed E-state index contributed by atoms with van der Waals surface area (Å²) in [7, 11) is 0. The fourth-order valence-corrected chi connectivity index (χ4v) is 2.85. The Labute approximate surface area is 101 Å². The summed E-state index contributed by atoms with van der Waals surface area (Å²) in [5.41, 5.74) is -1.31. The van der Waals surface area contributed by atoms with Gasteiger partial charge in [-0.1, -0.05) is 0 Å². The van der Waals surface area contributed by atoms with Crippen LogP contribution in [0.4, 0.5) is 0 Å². The lowest BCUT2D eigenvalue weighted by molar-refractivity contribution is -0.140. The molecule has 0 spiro atoms. The highest BCUT2D eigenvalue weighted by molar-refractivity contribution is 6.13. The van der Waals surface area contributed by atoms with E-state index in [0.29, 0.717) is 6.42 Å². The zero-order valence-corrected chi connectivity index (χ0v) is 10.6. The molecule has 0 aromatic rings. The number of carbonyl (C=O) groups is 2. The molecular weight excluding hydrogens is 220 g/mol. The number of imide groups is 1. The second-order valence-electron chi connectivity index (χ2n) is 5.86. The molecule has 1 fully saturated rings. The molecule has 1 atom stereocenters. The third-order valence-electron chi connectivity index (χ3n) is 3.74. The summed E-state index contributed by atoms with van der Waals surface area (Å²) in [4.78, 5) is 24.6. The molecule has 0 aromatic carbocycles. The second-order valence-corrected chi connectivity index (χ2v) is 5.86. The number of hydroxylamine groups is 2. The molecule has 0 bridgehead atoms. The standard InChI is InChI=1S/C12H17N2O3/c1-11(2)7-8(12(3,4)14(11)17)13-9(15)5-6-10(13)16/h5-6,8H,7H2,1-4H3. The minimum atomic E-state index is -0.749. The summed E-state index contributed by atoms with van der Waals surface area (Å²) >= 11 is 0. The molecular formula is C12H17N2O3. The first-order valence-corrected chi connectivity index (χ1v) is 5.70. The predicted octanol–water partition coefficient (Wildman–Crippen LogP) is 0.879. The summed E-state index contributed by atoms with van der Waals surface area (Å²) in [5, 5.41) is 13.2. The summed E-state index contributed by atoms with van der Waals surface area (Å²) < 4.78 is 0. The zero-order valence-electron chi connectivity index (χ0n) is 10.6. The summed E-state index contributed by atoms with van der Waals surface area (Å²) in [5.74, 6) is -0.640. The first-order valence-electron chi connectivity index (χ1n) is 5.70. The van der Waals surface area contributed by atoms with E-state index in [-0.39, 0.29) is 17.9 Å². The molecule has 1 radical (unpaired) electrons. The molecule has 2 amide bonds. The van der Waals surface area contributed by atoms with Gasteiger partial charge in [-0.2, -0.15) is 5.06 Å². The maximum absolute atomic E-state index is 12.2. The Bertz CT molecular complexity index is 394. The minimum absolute atomic E-state index is 0.320. The Morgan fingerprint density at radius 1 is 1.24 bits per heavy atom. The average molecular weight is 237 g/mol. The molecule has 17 heavy (non-hydrogen) atoms. The van der Waals surface area contributed by atoms with Crippen LogP contribution in [0.1, 0.15) is 34.1 Å². The van der Waals surface area contributed by atoms with Crippen molar-refractivity contribution < 1.29 is 9.59 Å². The fourth-order valence-electron chi connectivity index (χ4n) is 2.85. The van der Waals surface area contributed by atoms with Gasteiger partial charge >= 0.3 is 0 Å². The molecule has 5 heteroatoms. The van der Waals surface area contributed by atoms with Crippen LogP contribution >= 0.6 is 0 Å². The van der Waals surface area contributed by atoms with Crippen LogP contribution in [0.25, 0.3) is 0 Å². The minimum Gasteiger partial charge on any atom is -0.581 e. The quantitative estimate of drug-likeness (QED) is 0.386. The predicted molar refractivity (Wildman–Crippen MR) is 63.1 cm³/mol. The molecule has 0 aliphatic carbocycles. The highest BCUT2D eigenvalue weighted by Crippen LogP contribution is 2.41. The van der Waals surface area contributed by atoms with Crippen LogP contribution in [0.3, 0.4) is 0 Å². The van der Waals surface area contributed by atoms with E-state index in [4.69, 9.17) is 0 Å². The Balaban J connectivity index is 2.35. The van der Waals surface area contributed by atoms with Gasteiger partial charge in [-0.15, -0.1) is 0 Å². The van der Waals surface area contributed by atoms with Crippen LogP contribution in [0.5, 0.6) is 0 Å². The van der Waals surface area contributed by atoms with Crippen LogP contribution in [-0.4, -0.2) is 33.8 Å². The molecule has 0 N–H and O–H groups in total. The highest BCUT2D eigenvalue weighted by Gasteiger charge is 2.60. The second kappa shape index (κ2) is 3.40. The fraction of sp³-hybridized carbons (Fsp3) is 0.667. The van der Waals surface area contributed by atoms with Crippen molar-refractivity contribution in [2.45, 2.75) is 51.2 Å². The first kappa shape index (κ1) is 12.3. The summed E-state index contributed by atoms with van der Waals surface area (Å²) in [6.07, 6.45) is 3.03. The van der Waals surface area contributed by atoms with Crippen molar-refractivity contribution in [3.8, 4) is 0 Å². The highest BCUT2D eigenvalue weighted by atomic mass is 16.5. The van der Waals surface area contributed by atoms with Crippen LogP contribution < -0.4 is 5.06 Å². The van der Waals surface area contributed by atoms with E-state index in [0.717, 1.165) is 5.06 Å². The van der Waals surface area contributed by atoms with Gasteiger partial charge < -0.3 is 5.21 Å². The van der Waals surface area contributed by atoms with E-state index < -0.39 is 11.1 Å². The lowest BCUT2D eigenvalue weighted by Gasteiger charge is -2.35. The third-order valence-corrected chi connectivity index (χ3v) is 3.74. The maximum Gasteiger partial charge on any atom is 0.254 e. The monoisotopic (exact) mass is 237 g/mol. The summed E-state index contributed by atoms with van der Waals surface area (Å²) in [6, 6.07) is -0.370. The number of hydrogen-bond acceptors (Lipinski definition) is 4. The van der Waals surface area contributed by atoms with E-state index in [1.165, 1.54) is 17.1 Å². The number of carbonyl (C=O) groups excluding carboxylic acids is 2. The van der Waals surface area contributed by atoms with Gasteiger partial charge in [0.1, 0.15) is 11.6 Å². The molecule has 2 heterocycles. The molecule has 5 nitrogen and oxygen atoms in total. The molecule has 0 aromatic heterocycles. The van der Waals surface area contributed by atoms with Gasteiger partial charge in [-0.3, -0.25) is 14.5 Å². The van der Waals surface area contributed by atoms with Crippen molar-refractivity contribution in [2.75, 3.05) is 0 Å². The van der Waals surface area contributed by atoms with Crippen LogP contribution in [0.15, 0.2) is 12.2 Å². The van der Waals surface area contributed by atoms with Gasteiger partial charge in [-0.05, 0) is 27.7 Å². The molecule has 93 valence electrons.